The number of nitrogens with one attached hydrogen (secondary N) is 1. The maximum absolute atomic E-state index is 5.21. The molecule has 3 nitrogen and oxygen atoms in total. The Morgan fingerprint density at radius 3 is 2.85 bits per heavy atom. The summed E-state index contributed by atoms with van der Waals surface area (Å²) in [5, 5.41) is 3.56. The van der Waals surface area contributed by atoms with Gasteiger partial charge in [0.2, 0.25) is 5.88 Å². The van der Waals surface area contributed by atoms with Crippen molar-refractivity contribution in [1.82, 2.24) is 10.3 Å². The lowest BCUT2D eigenvalue weighted by Crippen LogP contribution is -2.15. The highest BCUT2D eigenvalue weighted by Crippen LogP contribution is 2.27. The first-order chi connectivity index (χ1) is 9.76. The highest BCUT2D eigenvalue weighted by Gasteiger charge is 2.20. The number of rotatable bonds is 5. The molecule has 0 unspecified atom stereocenters. The van der Waals surface area contributed by atoms with Crippen molar-refractivity contribution >= 4 is 0 Å². The zero-order chi connectivity index (χ0) is 13.9. The molecule has 1 aliphatic rings. The molecule has 1 aromatic heterocycles. The van der Waals surface area contributed by atoms with Gasteiger partial charge in [-0.05, 0) is 54.2 Å². The summed E-state index contributed by atoms with van der Waals surface area (Å²) in [7, 11) is 1.65. The van der Waals surface area contributed by atoms with Gasteiger partial charge in [0.05, 0.1) is 7.11 Å². The van der Waals surface area contributed by atoms with Gasteiger partial charge in [0.15, 0.2) is 0 Å². The van der Waals surface area contributed by atoms with Gasteiger partial charge in [-0.15, -0.1) is 0 Å². The molecular formula is C17H20N2O. The standard InChI is InChI=1S/C17H20N2O/c1-12-3-4-13(11-19-15-5-6-15)9-16(12)14-7-8-18-17(10-14)20-2/h3-4,7-10,15,19H,5-6,11H2,1-2H3. The minimum absolute atomic E-state index is 0.656. The summed E-state index contributed by atoms with van der Waals surface area (Å²) in [4.78, 5) is 4.17. The third-order valence-corrected chi connectivity index (χ3v) is 3.73. The Bertz CT molecular complexity index is 606. The minimum Gasteiger partial charge on any atom is -0.481 e. The molecule has 3 heteroatoms. The van der Waals surface area contributed by atoms with Crippen LogP contribution in [0, 0.1) is 6.92 Å². The molecule has 0 radical (unpaired) electrons. The Morgan fingerprint density at radius 2 is 2.10 bits per heavy atom. The molecule has 1 aliphatic carbocycles. The topological polar surface area (TPSA) is 34.1 Å². The van der Waals surface area contributed by atoms with Crippen LogP contribution in [-0.4, -0.2) is 18.1 Å². The lowest BCUT2D eigenvalue weighted by atomic mass is 9.99. The van der Waals surface area contributed by atoms with E-state index in [0.29, 0.717) is 5.88 Å². The maximum Gasteiger partial charge on any atom is 0.213 e. The van der Waals surface area contributed by atoms with Crippen molar-refractivity contribution in [2.75, 3.05) is 7.11 Å². The predicted octanol–water partition coefficient (Wildman–Crippen LogP) is 3.32. The molecule has 2 aromatic rings. The lowest BCUT2D eigenvalue weighted by molar-refractivity contribution is 0.398. The number of hydrogen-bond acceptors (Lipinski definition) is 3. The Balaban J connectivity index is 1.87. The largest absolute Gasteiger partial charge is 0.481 e. The molecule has 0 aliphatic heterocycles. The molecule has 0 atom stereocenters. The molecule has 0 spiro atoms. The van der Waals surface area contributed by atoms with Crippen LogP contribution in [0.3, 0.4) is 0 Å². The van der Waals surface area contributed by atoms with E-state index in [-0.39, 0.29) is 0 Å². The number of hydrogen-bond donors (Lipinski definition) is 1. The highest BCUT2D eigenvalue weighted by molar-refractivity contribution is 5.68. The van der Waals surface area contributed by atoms with E-state index in [1.54, 1.807) is 13.3 Å². The van der Waals surface area contributed by atoms with Crippen LogP contribution in [0.2, 0.25) is 0 Å². The van der Waals surface area contributed by atoms with E-state index in [2.05, 4.69) is 35.4 Å². The molecule has 1 aromatic carbocycles. The smallest absolute Gasteiger partial charge is 0.213 e. The molecule has 3 rings (SSSR count). The van der Waals surface area contributed by atoms with Crippen LogP contribution in [0.5, 0.6) is 5.88 Å². The van der Waals surface area contributed by atoms with E-state index in [4.69, 9.17) is 4.74 Å². The summed E-state index contributed by atoms with van der Waals surface area (Å²) in [5.74, 6) is 0.656. The number of methoxy groups -OCH3 is 1. The third kappa shape index (κ3) is 2.99. The number of ether oxygens (including phenoxy) is 1. The van der Waals surface area contributed by atoms with Gasteiger partial charge >= 0.3 is 0 Å². The van der Waals surface area contributed by atoms with Crippen molar-refractivity contribution in [2.24, 2.45) is 0 Å². The minimum atomic E-state index is 0.656. The summed E-state index contributed by atoms with van der Waals surface area (Å²) < 4.78 is 5.21. The SMILES string of the molecule is COc1cc(-c2cc(CNC3CC3)ccc2C)ccn1. The van der Waals surface area contributed by atoms with E-state index in [0.717, 1.165) is 18.2 Å². The second kappa shape index (κ2) is 5.63. The number of benzene rings is 1. The van der Waals surface area contributed by atoms with Crippen molar-refractivity contribution in [3.63, 3.8) is 0 Å². The van der Waals surface area contributed by atoms with E-state index < -0.39 is 0 Å². The van der Waals surface area contributed by atoms with Gasteiger partial charge in [-0.2, -0.15) is 0 Å². The van der Waals surface area contributed by atoms with Crippen molar-refractivity contribution in [3.8, 4) is 17.0 Å². The van der Waals surface area contributed by atoms with Gasteiger partial charge in [-0.3, -0.25) is 0 Å². The molecule has 1 saturated carbocycles. The van der Waals surface area contributed by atoms with Crippen molar-refractivity contribution in [2.45, 2.75) is 32.4 Å². The number of aryl methyl sites for hydroxylation is 1. The van der Waals surface area contributed by atoms with Gasteiger partial charge in [0, 0.05) is 24.8 Å². The van der Waals surface area contributed by atoms with Gasteiger partial charge in [0.1, 0.15) is 0 Å². The molecule has 1 fully saturated rings. The van der Waals surface area contributed by atoms with Crippen LogP contribution in [-0.2, 0) is 6.54 Å². The fourth-order valence-corrected chi connectivity index (χ4v) is 2.33. The summed E-state index contributed by atoms with van der Waals surface area (Å²) in [6.07, 6.45) is 4.43. The molecule has 1 N–H and O–H groups in total. The monoisotopic (exact) mass is 268 g/mol. The fourth-order valence-electron chi connectivity index (χ4n) is 2.33. The first-order valence-corrected chi connectivity index (χ1v) is 7.09. The third-order valence-electron chi connectivity index (χ3n) is 3.73. The molecule has 0 saturated heterocycles. The van der Waals surface area contributed by atoms with Gasteiger partial charge in [0.25, 0.3) is 0 Å². The van der Waals surface area contributed by atoms with Crippen LogP contribution in [0.1, 0.15) is 24.0 Å². The van der Waals surface area contributed by atoms with E-state index >= 15 is 0 Å². The van der Waals surface area contributed by atoms with Crippen LogP contribution in [0.4, 0.5) is 0 Å². The van der Waals surface area contributed by atoms with Crippen LogP contribution < -0.4 is 10.1 Å². The first-order valence-electron chi connectivity index (χ1n) is 7.09. The predicted molar refractivity (Wildman–Crippen MR) is 80.8 cm³/mol. The van der Waals surface area contributed by atoms with Gasteiger partial charge in [-0.1, -0.05) is 12.1 Å². The second-order valence-corrected chi connectivity index (χ2v) is 5.39. The van der Waals surface area contributed by atoms with Crippen molar-refractivity contribution in [1.29, 1.82) is 0 Å². The molecule has 0 amide bonds. The number of aromatic nitrogens is 1. The van der Waals surface area contributed by atoms with E-state index in [1.807, 2.05) is 12.1 Å². The average Bonchev–Trinajstić information content (AvgIpc) is 3.31. The molecule has 104 valence electrons. The molecule has 20 heavy (non-hydrogen) atoms. The maximum atomic E-state index is 5.21. The van der Waals surface area contributed by atoms with E-state index in [9.17, 15) is 0 Å². The highest BCUT2D eigenvalue weighted by atomic mass is 16.5. The van der Waals surface area contributed by atoms with Crippen molar-refractivity contribution in [3.05, 3.63) is 47.7 Å². The fraction of sp³-hybridized carbons (Fsp3) is 0.353. The quantitative estimate of drug-likeness (QED) is 0.903. The normalized spacial score (nSPS) is 14.3. The Kier molecular flexibility index (Phi) is 3.70. The average molecular weight is 268 g/mol. The zero-order valence-electron chi connectivity index (χ0n) is 12.0. The Morgan fingerprint density at radius 1 is 1.25 bits per heavy atom. The summed E-state index contributed by atoms with van der Waals surface area (Å²) >= 11 is 0. The zero-order valence-corrected chi connectivity index (χ0v) is 12.0. The van der Waals surface area contributed by atoms with E-state index in [1.165, 1.54) is 29.5 Å². The van der Waals surface area contributed by atoms with Crippen LogP contribution in [0.15, 0.2) is 36.5 Å². The summed E-state index contributed by atoms with van der Waals surface area (Å²) in [5.41, 5.74) is 5.00. The van der Waals surface area contributed by atoms with Gasteiger partial charge in [-0.25, -0.2) is 4.98 Å². The van der Waals surface area contributed by atoms with Gasteiger partial charge < -0.3 is 10.1 Å². The first kappa shape index (κ1) is 13.1. The summed E-state index contributed by atoms with van der Waals surface area (Å²) in [6, 6.07) is 11.4. The summed E-state index contributed by atoms with van der Waals surface area (Å²) in [6.45, 7) is 3.08. The Labute approximate surface area is 120 Å². The molecule has 1 heterocycles. The van der Waals surface area contributed by atoms with Crippen LogP contribution in [0.25, 0.3) is 11.1 Å². The number of pyridine rings is 1. The van der Waals surface area contributed by atoms with Crippen molar-refractivity contribution < 1.29 is 4.74 Å². The molecule has 0 bridgehead atoms. The molecular weight excluding hydrogens is 248 g/mol. The van der Waals surface area contributed by atoms with Crippen LogP contribution >= 0.6 is 0 Å². The lowest BCUT2D eigenvalue weighted by Gasteiger charge is -2.10. The second-order valence-electron chi connectivity index (χ2n) is 5.39. The Hall–Kier alpha value is -1.87. The number of nitrogens with zero attached hydrogens (tertiary/aromatic N) is 1.